The van der Waals surface area contributed by atoms with Gasteiger partial charge in [0.2, 0.25) is 5.95 Å². The molecule has 0 aliphatic carbocycles. The number of halogens is 3. The van der Waals surface area contributed by atoms with Crippen molar-refractivity contribution < 1.29 is 18.0 Å². The molecule has 0 radical (unpaired) electrons. The molecule has 4 aromatic heterocycles. The Morgan fingerprint density at radius 3 is 2.72 bits per heavy atom. The molecule has 1 atom stereocenters. The highest BCUT2D eigenvalue weighted by molar-refractivity contribution is 5.92. The molecule has 0 bridgehead atoms. The van der Waals surface area contributed by atoms with Crippen molar-refractivity contribution >= 4 is 17.7 Å². The van der Waals surface area contributed by atoms with Gasteiger partial charge in [0.05, 0.1) is 24.1 Å². The summed E-state index contributed by atoms with van der Waals surface area (Å²) < 4.78 is 42.5. The summed E-state index contributed by atoms with van der Waals surface area (Å²) in [7, 11) is 1.78. The number of rotatable bonds is 5. The van der Waals surface area contributed by atoms with Crippen LogP contribution >= 0.6 is 0 Å². The van der Waals surface area contributed by atoms with E-state index in [1.165, 1.54) is 4.90 Å². The van der Waals surface area contributed by atoms with Crippen LogP contribution in [0.2, 0.25) is 0 Å². The summed E-state index contributed by atoms with van der Waals surface area (Å²) in [6, 6.07) is 2.33. The van der Waals surface area contributed by atoms with Crippen LogP contribution in [0.1, 0.15) is 34.5 Å². The summed E-state index contributed by atoms with van der Waals surface area (Å²) in [5.74, 6) is 0.808. The molecule has 5 rings (SSSR count). The van der Waals surface area contributed by atoms with E-state index in [0.717, 1.165) is 18.0 Å². The Hall–Kier alpha value is -4.36. The van der Waals surface area contributed by atoms with Crippen molar-refractivity contribution in [2.24, 2.45) is 7.05 Å². The molecule has 1 aliphatic heterocycles. The average Bonchev–Trinajstić information content (AvgIpc) is 3.43. The van der Waals surface area contributed by atoms with Crippen molar-refractivity contribution in [2.45, 2.75) is 39.2 Å². The molecule has 14 heteroatoms. The largest absolute Gasteiger partial charge is 0.433 e. The van der Waals surface area contributed by atoms with E-state index in [2.05, 4.69) is 35.3 Å². The van der Waals surface area contributed by atoms with Crippen molar-refractivity contribution in [1.29, 1.82) is 0 Å². The third kappa shape index (κ3) is 4.36. The van der Waals surface area contributed by atoms with Crippen molar-refractivity contribution in [1.82, 2.24) is 44.2 Å². The van der Waals surface area contributed by atoms with Gasteiger partial charge in [-0.05, 0) is 25.5 Å². The molecule has 11 nitrogen and oxygen atoms in total. The molecule has 1 amide bonds. The molecular formula is C22H21F3N10O. The number of aromatic nitrogens is 8. The first-order chi connectivity index (χ1) is 17.1. The van der Waals surface area contributed by atoms with E-state index >= 15 is 0 Å². The number of imidazole rings is 1. The second-order valence-corrected chi connectivity index (χ2v) is 8.47. The lowest BCUT2D eigenvalue weighted by Crippen LogP contribution is -2.46. The number of anilines is 2. The minimum absolute atomic E-state index is 0.0929. The Balaban J connectivity index is 1.42. The number of fused-ring (bicyclic) bond motifs is 1. The smallest absolute Gasteiger partial charge is 0.326 e. The quantitative estimate of drug-likeness (QED) is 0.446. The molecule has 36 heavy (non-hydrogen) atoms. The summed E-state index contributed by atoms with van der Waals surface area (Å²) in [4.78, 5) is 35.3. The number of amides is 1. The predicted octanol–water partition coefficient (Wildman–Crippen LogP) is 2.98. The van der Waals surface area contributed by atoms with Crippen LogP contribution in [0.3, 0.4) is 0 Å². The maximum atomic E-state index is 13.3. The lowest BCUT2D eigenvalue weighted by atomic mass is 10.2. The van der Waals surface area contributed by atoms with Crippen LogP contribution in [-0.2, 0) is 26.3 Å². The van der Waals surface area contributed by atoms with Crippen molar-refractivity contribution in [3.63, 3.8) is 0 Å². The van der Waals surface area contributed by atoms with Gasteiger partial charge in [-0.1, -0.05) is 0 Å². The highest BCUT2D eigenvalue weighted by Gasteiger charge is 2.35. The van der Waals surface area contributed by atoms with E-state index in [0.29, 0.717) is 29.7 Å². The number of nitrogens with one attached hydrogen (secondary N) is 1. The van der Waals surface area contributed by atoms with Gasteiger partial charge >= 0.3 is 6.18 Å². The topological polar surface area (TPSA) is 120 Å². The summed E-state index contributed by atoms with van der Waals surface area (Å²) in [5, 5.41) is 7.19. The number of carbonyl (C=O) groups is 1. The fraction of sp³-hybridized carbons (Fsp3) is 0.318. The monoisotopic (exact) mass is 498 g/mol. The lowest BCUT2D eigenvalue weighted by Gasteiger charge is -2.33. The Morgan fingerprint density at radius 2 is 2.00 bits per heavy atom. The first-order valence-corrected chi connectivity index (χ1v) is 11.0. The Bertz CT molecular complexity index is 1440. The maximum Gasteiger partial charge on any atom is 0.433 e. The molecule has 186 valence electrons. The number of carbonyl (C=O) groups excluding carboxylic acids is 1. The lowest BCUT2D eigenvalue weighted by molar-refractivity contribution is -0.141. The number of alkyl halides is 3. The van der Waals surface area contributed by atoms with Gasteiger partial charge in [0.15, 0.2) is 5.82 Å². The first kappa shape index (κ1) is 23.4. The van der Waals surface area contributed by atoms with Gasteiger partial charge in [0.25, 0.3) is 5.91 Å². The SMILES string of the molecule is Cc1cnc(Nc2ccnn2C)nc1-c1cn2c(n1)C(=O)N(Cc1cc(C(F)(F)F)ncn1)[C@@H](C)C2. The molecule has 0 saturated heterocycles. The number of hydrogen-bond donors (Lipinski definition) is 1. The van der Waals surface area contributed by atoms with Crippen molar-refractivity contribution in [3.05, 3.63) is 59.8 Å². The molecule has 0 spiro atoms. The van der Waals surface area contributed by atoms with E-state index in [-0.39, 0.29) is 24.1 Å². The first-order valence-electron chi connectivity index (χ1n) is 11.0. The fourth-order valence-corrected chi connectivity index (χ4v) is 3.97. The number of aryl methyl sites for hydroxylation is 2. The highest BCUT2D eigenvalue weighted by Crippen LogP contribution is 2.29. The van der Waals surface area contributed by atoms with Gasteiger partial charge in [-0.2, -0.15) is 18.3 Å². The summed E-state index contributed by atoms with van der Waals surface area (Å²) in [6.45, 7) is 3.97. The molecule has 4 aromatic rings. The summed E-state index contributed by atoms with van der Waals surface area (Å²) in [5.41, 5.74) is 0.841. The normalized spacial score (nSPS) is 15.8. The van der Waals surface area contributed by atoms with Crippen LogP contribution in [-0.4, -0.2) is 56.1 Å². The summed E-state index contributed by atoms with van der Waals surface area (Å²) in [6.07, 6.45) is 1.30. The zero-order valence-electron chi connectivity index (χ0n) is 19.5. The molecular weight excluding hydrogens is 477 g/mol. The van der Waals surface area contributed by atoms with Crippen molar-refractivity contribution in [3.8, 4) is 11.4 Å². The van der Waals surface area contributed by atoms with E-state index in [9.17, 15) is 18.0 Å². The second-order valence-electron chi connectivity index (χ2n) is 8.47. The number of nitrogens with zero attached hydrogens (tertiary/aromatic N) is 9. The van der Waals surface area contributed by atoms with Gasteiger partial charge in [-0.3, -0.25) is 9.48 Å². The average molecular weight is 498 g/mol. The Morgan fingerprint density at radius 1 is 1.19 bits per heavy atom. The van der Waals surface area contributed by atoms with Gasteiger partial charge < -0.3 is 14.8 Å². The van der Waals surface area contributed by atoms with Crippen LogP contribution in [0.25, 0.3) is 11.4 Å². The molecule has 0 saturated carbocycles. The van der Waals surface area contributed by atoms with E-state index < -0.39 is 17.8 Å². The minimum Gasteiger partial charge on any atom is -0.326 e. The van der Waals surface area contributed by atoms with Gasteiger partial charge in [0, 0.05) is 38.1 Å². The molecule has 1 aliphatic rings. The second kappa shape index (κ2) is 8.70. The standard InChI is InChI=1S/C22H21F3N10O/c1-12-7-26-21(31-17-4-5-29-33(17)3)32-18(12)15-10-34-8-13(2)35(20(36)19(34)30-15)9-14-6-16(22(23,24)25)28-11-27-14/h4-7,10-11,13H,8-9H2,1-3H3,(H,26,31,32)/t13-/m0/s1. The van der Waals surface area contributed by atoms with E-state index in [1.54, 1.807) is 41.0 Å². The van der Waals surface area contributed by atoms with Crippen LogP contribution in [0.15, 0.2) is 37.1 Å². The van der Waals surface area contributed by atoms with E-state index in [1.807, 2.05) is 13.8 Å². The third-order valence-electron chi connectivity index (χ3n) is 5.84. The molecule has 0 unspecified atom stereocenters. The van der Waals surface area contributed by atoms with Crippen molar-refractivity contribution in [2.75, 3.05) is 5.32 Å². The van der Waals surface area contributed by atoms with Gasteiger partial charge in [-0.25, -0.2) is 24.9 Å². The zero-order valence-corrected chi connectivity index (χ0v) is 19.5. The van der Waals surface area contributed by atoms with E-state index in [4.69, 9.17) is 0 Å². The van der Waals surface area contributed by atoms with Crippen LogP contribution in [0, 0.1) is 6.92 Å². The van der Waals surface area contributed by atoms with Gasteiger partial charge in [-0.15, -0.1) is 0 Å². The minimum atomic E-state index is -4.60. The third-order valence-corrected chi connectivity index (χ3v) is 5.84. The maximum absolute atomic E-state index is 13.3. The highest BCUT2D eigenvalue weighted by atomic mass is 19.4. The molecule has 1 N–H and O–H groups in total. The fourth-order valence-electron chi connectivity index (χ4n) is 3.97. The Labute approximate surface area is 203 Å². The van der Waals surface area contributed by atoms with Crippen LogP contribution in [0.5, 0.6) is 0 Å². The molecule has 0 aromatic carbocycles. The van der Waals surface area contributed by atoms with Crippen LogP contribution in [0.4, 0.5) is 24.9 Å². The summed E-state index contributed by atoms with van der Waals surface area (Å²) >= 11 is 0. The van der Waals surface area contributed by atoms with Gasteiger partial charge in [0.1, 0.15) is 23.5 Å². The van der Waals surface area contributed by atoms with Crippen LogP contribution < -0.4 is 5.32 Å². The zero-order chi connectivity index (χ0) is 25.6. The Kier molecular flexibility index (Phi) is 5.65. The predicted molar refractivity (Wildman–Crippen MR) is 121 cm³/mol. The molecule has 5 heterocycles. The molecule has 0 fully saturated rings. The number of hydrogen-bond acceptors (Lipinski definition) is 8.